The fourth-order valence-electron chi connectivity index (χ4n) is 3.21. The highest BCUT2D eigenvalue weighted by molar-refractivity contribution is 6.06. The number of carbonyl (C=O) groups excluding carboxylic acids is 2. The topological polar surface area (TPSA) is 83.4 Å². The molecule has 1 fully saturated rings. The lowest BCUT2D eigenvalue weighted by atomic mass is 9.92. The molecular weight excluding hydrogens is 362 g/mol. The van der Waals surface area contributed by atoms with Gasteiger partial charge in [-0.15, -0.1) is 0 Å². The zero-order valence-electron chi connectivity index (χ0n) is 15.4. The highest BCUT2D eigenvalue weighted by Crippen LogP contribution is 2.33. The van der Waals surface area contributed by atoms with E-state index < -0.39 is 35.9 Å². The Hall–Kier alpha value is -3.35. The molecule has 2 aliphatic rings. The second-order valence-corrected chi connectivity index (χ2v) is 6.98. The Labute approximate surface area is 161 Å². The van der Waals surface area contributed by atoms with Gasteiger partial charge in [-0.25, -0.2) is 0 Å². The van der Waals surface area contributed by atoms with E-state index in [1.807, 2.05) is 48.5 Å². The molecule has 0 bridgehead atoms. The molecule has 1 saturated heterocycles. The molecule has 0 unspecified atom stereocenters. The number of cyclic esters (lactones) is 2. The average molecular weight is 381 g/mol. The van der Waals surface area contributed by atoms with E-state index in [0.717, 1.165) is 5.56 Å². The summed E-state index contributed by atoms with van der Waals surface area (Å²) in [5.41, 5.74) is 1.25. The van der Waals surface area contributed by atoms with Crippen LogP contribution in [0, 0.1) is 5.92 Å². The van der Waals surface area contributed by atoms with E-state index in [2.05, 4.69) is 5.16 Å². The van der Waals surface area contributed by atoms with Gasteiger partial charge in [0.2, 0.25) is 0 Å². The fraction of sp³-hybridized carbons (Fsp3) is 0.286. The zero-order chi connectivity index (χ0) is 19.7. The smallest absolute Gasteiger partial charge is 0.327 e. The van der Waals surface area contributed by atoms with Gasteiger partial charge >= 0.3 is 11.9 Å². The summed E-state index contributed by atoms with van der Waals surface area (Å²) < 4.78 is 16.6. The maximum atomic E-state index is 12.5. The molecule has 2 aromatic carbocycles. The van der Waals surface area contributed by atoms with Gasteiger partial charge in [-0.3, -0.25) is 9.59 Å². The van der Waals surface area contributed by atoms with Gasteiger partial charge in [0.05, 0.1) is 0 Å². The standard InChI is InChI=1S/C21H19NO6/c1-21(2)26-19(23)15(20(24)27-21)17-18(25-14-11-7-4-8-12-14)16(22-28-17)13-9-5-3-6-10-13/h3-12,15,17-18H,1-2H3/t17-,18+/m1/s1. The normalized spacial score (nSPS) is 24.0. The number of nitrogens with zero attached hydrogens (tertiary/aromatic N) is 1. The van der Waals surface area contributed by atoms with E-state index in [9.17, 15) is 9.59 Å². The van der Waals surface area contributed by atoms with Crippen LogP contribution in [0.2, 0.25) is 0 Å². The SMILES string of the molecule is CC1(C)OC(=O)C([C@H]2ON=C(c3ccccc3)[C@@H]2Oc2ccccc2)C(=O)O1. The third-order valence-corrected chi connectivity index (χ3v) is 4.45. The maximum Gasteiger partial charge on any atom is 0.327 e. The summed E-state index contributed by atoms with van der Waals surface area (Å²) in [6, 6.07) is 18.4. The number of benzene rings is 2. The van der Waals surface area contributed by atoms with E-state index in [-0.39, 0.29) is 0 Å². The van der Waals surface area contributed by atoms with E-state index in [1.54, 1.807) is 12.1 Å². The molecule has 4 rings (SSSR count). The minimum absolute atomic E-state index is 0.486. The summed E-state index contributed by atoms with van der Waals surface area (Å²) in [6.07, 6.45) is -1.80. The quantitative estimate of drug-likeness (QED) is 0.598. The van der Waals surface area contributed by atoms with Crippen molar-refractivity contribution in [1.29, 1.82) is 0 Å². The molecule has 0 saturated carbocycles. The average Bonchev–Trinajstić information content (AvgIpc) is 3.05. The van der Waals surface area contributed by atoms with Gasteiger partial charge in [0, 0.05) is 19.4 Å². The molecule has 2 heterocycles. The molecule has 7 nitrogen and oxygen atoms in total. The van der Waals surface area contributed by atoms with Crippen LogP contribution in [0.25, 0.3) is 0 Å². The summed E-state index contributed by atoms with van der Waals surface area (Å²) in [5.74, 6) is -3.51. The monoisotopic (exact) mass is 381 g/mol. The molecule has 0 radical (unpaired) electrons. The number of carbonyl (C=O) groups is 2. The lowest BCUT2D eigenvalue weighted by Gasteiger charge is -2.35. The molecule has 144 valence electrons. The first-order valence-corrected chi connectivity index (χ1v) is 8.91. The zero-order valence-corrected chi connectivity index (χ0v) is 15.4. The third kappa shape index (κ3) is 3.43. The van der Waals surface area contributed by atoms with Gasteiger partial charge in [-0.05, 0) is 12.1 Å². The van der Waals surface area contributed by atoms with Gasteiger partial charge in [0.25, 0.3) is 5.79 Å². The van der Waals surface area contributed by atoms with Crippen LogP contribution >= 0.6 is 0 Å². The van der Waals surface area contributed by atoms with Crippen molar-refractivity contribution in [1.82, 2.24) is 0 Å². The predicted octanol–water partition coefficient (Wildman–Crippen LogP) is 2.69. The van der Waals surface area contributed by atoms with Crippen LogP contribution in [0.1, 0.15) is 19.4 Å². The van der Waals surface area contributed by atoms with Crippen LogP contribution in [0.3, 0.4) is 0 Å². The number of ether oxygens (including phenoxy) is 3. The summed E-state index contributed by atoms with van der Waals surface area (Å²) in [6.45, 7) is 3.00. The number of hydrogen-bond acceptors (Lipinski definition) is 7. The predicted molar refractivity (Wildman–Crippen MR) is 98.5 cm³/mol. The van der Waals surface area contributed by atoms with Crippen molar-refractivity contribution < 1.29 is 28.6 Å². The van der Waals surface area contributed by atoms with Crippen molar-refractivity contribution in [2.75, 3.05) is 0 Å². The van der Waals surface area contributed by atoms with Gasteiger partial charge in [-0.2, -0.15) is 0 Å². The molecule has 2 aliphatic heterocycles. The molecular formula is C21H19NO6. The number of rotatable bonds is 4. The van der Waals surface area contributed by atoms with Crippen LogP contribution in [0.15, 0.2) is 65.8 Å². The summed E-state index contributed by atoms with van der Waals surface area (Å²) >= 11 is 0. The van der Waals surface area contributed by atoms with Crippen molar-refractivity contribution in [2.45, 2.75) is 31.8 Å². The van der Waals surface area contributed by atoms with Crippen molar-refractivity contribution in [3.63, 3.8) is 0 Å². The van der Waals surface area contributed by atoms with Crippen LogP contribution in [0.5, 0.6) is 5.75 Å². The lowest BCUT2D eigenvalue weighted by Crippen LogP contribution is -2.54. The third-order valence-electron chi connectivity index (χ3n) is 4.45. The maximum absolute atomic E-state index is 12.5. The summed E-state index contributed by atoms with van der Waals surface area (Å²) in [7, 11) is 0. The molecule has 2 aromatic rings. The number of hydrogen-bond donors (Lipinski definition) is 0. The molecule has 7 heteroatoms. The van der Waals surface area contributed by atoms with Crippen LogP contribution in [0.4, 0.5) is 0 Å². The van der Waals surface area contributed by atoms with Crippen molar-refractivity contribution in [3.05, 3.63) is 66.2 Å². The Morgan fingerprint density at radius 2 is 1.46 bits per heavy atom. The largest absolute Gasteiger partial charge is 0.480 e. The molecule has 0 aromatic heterocycles. The molecule has 0 N–H and O–H groups in total. The molecule has 0 aliphatic carbocycles. The Balaban J connectivity index is 1.67. The Bertz CT molecular complexity index is 889. The molecule has 2 atom stereocenters. The molecule has 0 spiro atoms. The second-order valence-electron chi connectivity index (χ2n) is 6.98. The van der Waals surface area contributed by atoms with E-state index in [1.165, 1.54) is 13.8 Å². The lowest BCUT2D eigenvalue weighted by molar-refractivity contribution is -0.246. The summed E-state index contributed by atoms with van der Waals surface area (Å²) in [5, 5.41) is 4.12. The number of esters is 2. The van der Waals surface area contributed by atoms with Crippen LogP contribution in [-0.4, -0.2) is 35.6 Å². The van der Waals surface area contributed by atoms with Crippen molar-refractivity contribution >= 4 is 17.7 Å². The highest BCUT2D eigenvalue weighted by Gasteiger charge is 2.55. The Kier molecular flexibility index (Phi) is 4.50. The van der Waals surface area contributed by atoms with E-state index in [4.69, 9.17) is 19.0 Å². The Morgan fingerprint density at radius 1 is 0.893 bits per heavy atom. The minimum Gasteiger partial charge on any atom is -0.480 e. The highest BCUT2D eigenvalue weighted by atomic mass is 16.7. The van der Waals surface area contributed by atoms with Crippen LogP contribution in [-0.2, 0) is 23.9 Å². The first-order chi connectivity index (χ1) is 13.4. The van der Waals surface area contributed by atoms with E-state index in [0.29, 0.717) is 11.5 Å². The van der Waals surface area contributed by atoms with Crippen LogP contribution < -0.4 is 4.74 Å². The summed E-state index contributed by atoms with van der Waals surface area (Å²) in [4.78, 5) is 30.6. The fourth-order valence-corrected chi connectivity index (χ4v) is 3.21. The van der Waals surface area contributed by atoms with Gasteiger partial charge < -0.3 is 19.0 Å². The molecule has 0 amide bonds. The second kappa shape index (κ2) is 6.99. The van der Waals surface area contributed by atoms with Gasteiger partial charge in [0.1, 0.15) is 11.5 Å². The first-order valence-electron chi connectivity index (χ1n) is 8.91. The number of para-hydroxylation sites is 1. The minimum atomic E-state index is -1.32. The molecule has 28 heavy (non-hydrogen) atoms. The number of oxime groups is 1. The van der Waals surface area contributed by atoms with Gasteiger partial charge in [0.15, 0.2) is 18.1 Å². The van der Waals surface area contributed by atoms with Crippen molar-refractivity contribution in [2.24, 2.45) is 11.1 Å². The van der Waals surface area contributed by atoms with Crippen molar-refractivity contribution in [3.8, 4) is 5.75 Å². The Morgan fingerprint density at radius 3 is 2.07 bits per heavy atom. The van der Waals surface area contributed by atoms with E-state index >= 15 is 0 Å². The first kappa shape index (κ1) is 18.0. The van der Waals surface area contributed by atoms with Gasteiger partial charge in [-0.1, -0.05) is 53.7 Å².